The first-order valence-corrected chi connectivity index (χ1v) is 10.5. The molecule has 4 heteroatoms. The Balaban J connectivity index is 1.52. The Hall–Kier alpha value is -2.10. The summed E-state index contributed by atoms with van der Waals surface area (Å²) < 4.78 is 0. The average molecular weight is 365 g/mol. The minimum Gasteiger partial charge on any atom is -0.351 e. The zero-order valence-electron chi connectivity index (χ0n) is 16.9. The minimum absolute atomic E-state index is 0.170. The van der Waals surface area contributed by atoms with Crippen molar-refractivity contribution in [2.75, 3.05) is 10.6 Å². The molecule has 144 valence electrons. The molecular formula is C23H32N4. The Labute approximate surface area is 163 Å². The molecule has 0 amide bonds. The second-order valence-corrected chi connectivity index (χ2v) is 9.21. The number of nitrogens with zero attached hydrogens (tertiary/aromatic N) is 2. The fourth-order valence-corrected chi connectivity index (χ4v) is 3.81. The molecule has 4 rings (SSSR count). The maximum absolute atomic E-state index is 4.82. The molecule has 0 radical (unpaired) electrons. The summed E-state index contributed by atoms with van der Waals surface area (Å²) in [6.45, 7) is 6.72. The highest BCUT2D eigenvalue weighted by Gasteiger charge is 2.26. The topological polar surface area (TPSA) is 49.8 Å². The van der Waals surface area contributed by atoms with E-state index in [1.54, 1.807) is 0 Å². The predicted molar refractivity (Wildman–Crippen MR) is 113 cm³/mol. The van der Waals surface area contributed by atoms with Crippen LogP contribution in [0.1, 0.15) is 82.9 Å². The van der Waals surface area contributed by atoms with Crippen molar-refractivity contribution in [1.29, 1.82) is 0 Å². The molecule has 1 aromatic carbocycles. The largest absolute Gasteiger partial charge is 0.351 e. The van der Waals surface area contributed by atoms with Crippen molar-refractivity contribution in [2.45, 2.75) is 83.1 Å². The van der Waals surface area contributed by atoms with Crippen molar-refractivity contribution in [3.63, 3.8) is 0 Å². The van der Waals surface area contributed by atoms with Crippen LogP contribution in [0.4, 0.5) is 17.5 Å². The van der Waals surface area contributed by atoms with E-state index in [1.807, 2.05) is 0 Å². The quantitative estimate of drug-likeness (QED) is 0.669. The van der Waals surface area contributed by atoms with E-state index in [4.69, 9.17) is 9.97 Å². The third-order valence-corrected chi connectivity index (χ3v) is 5.70. The van der Waals surface area contributed by atoms with Gasteiger partial charge in [0.2, 0.25) is 5.95 Å². The van der Waals surface area contributed by atoms with Gasteiger partial charge in [-0.25, -0.2) is 4.98 Å². The van der Waals surface area contributed by atoms with Crippen LogP contribution in [-0.2, 0) is 5.41 Å². The third kappa shape index (κ3) is 4.79. The summed E-state index contributed by atoms with van der Waals surface area (Å²) in [6.07, 6.45) is 8.94. The summed E-state index contributed by atoms with van der Waals surface area (Å²) in [5, 5.41) is 7.09. The van der Waals surface area contributed by atoms with Gasteiger partial charge < -0.3 is 10.6 Å². The molecule has 2 fully saturated rings. The summed E-state index contributed by atoms with van der Waals surface area (Å²) in [5.41, 5.74) is 3.77. The van der Waals surface area contributed by atoms with Gasteiger partial charge >= 0.3 is 0 Å². The summed E-state index contributed by atoms with van der Waals surface area (Å²) in [7, 11) is 0. The SMILES string of the molecule is CC(C)(C)c1ccc(Nc2cc(C3CC3)nc(NC3CCCCC3)n2)cc1. The predicted octanol–water partition coefficient (Wildman–Crippen LogP) is 6.14. The number of aromatic nitrogens is 2. The first-order valence-electron chi connectivity index (χ1n) is 10.5. The Morgan fingerprint density at radius 3 is 2.22 bits per heavy atom. The summed E-state index contributed by atoms with van der Waals surface area (Å²) in [5.74, 6) is 2.30. The molecule has 1 aromatic heterocycles. The molecule has 2 aliphatic rings. The maximum atomic E-state index is 4.82. The van der Waals surface area contributed by atoms with E-state index >= 15 is 0 Å². The van der Waals surface area contributed by atoms with Crippen LogP contribution in [0.25, 0.3) is 0 Å². The number of benzene rings is 1. The van der Waals surface area contributed by atoms with Crippen LogP contribution >= 0.6 is 0 Å². The minimum atomic E-state index is 0.170. The Morgan fingerprint density at radius 1 is 0.889 bits per heavy atom. The second kappa shape index (κ2) is 7.49. The van der Waals surface area contributed by atoms with Gasteiger partial charge in [-0.1, -0.05) is 52.2 Å². The second-order valence-electron chi connectivity index (χ2n) is 9.21. The van der Waals surface area contributed by atoms with Gasteiger partial charge in [0, 0.05) is 23.7 Å². The first-order chi connectivity index (χ1) is 13.0. The van der Waals surface area contributed by atoms with E-state index in [1.165, 1.54) is 56.2 Å². The molecule has 0 atom stereocenters. The van der Waals surface area contributed by atoms with Crippen molar-refractivity contribution in [1.82, 2.24) is 9.97 Å². The molecule has 0 bridgehead atoms. The Bertz CT molecular complexity index is 766. The van der Waals surface area contributed by atoms with Gasteiger partial charge in [0.05, 0.1) is 5.69 Å². The van der Waals surface area contributed by atoms with Crippen molar-refractivity contribution >= 4 is 17.5 Å². The molecule has 2 saturated carbocycles. The van der Waals surface area contributed by atoms with Crippen LogP contribution in [-0.4, -0.2) is 16.0 Å². The van der Waals surface area contributed by atoms with E-state index in [0.717, 1.165) is 17.5 Å². The van der Waals surface area contributed by atoms with Crippen molar-refractivity contribution < 1.29 is 0 Å². The lowest BCUT2D eigenvalue weighted by Crippen LogP contribution is -2.23. The molecule has 0 aliphatic heterocycles. The fraction of sp³-hybridized carbons (Fsp3) is 0.565. The van der Waals surface area contributed by atoms with E-state index < -0.39 is 0 Å². The summed E-state index contributed by atoms with van der Waals surface area (Å²) >= 11 is 0. The van der Waals surface area contributed by atoms with Crippen molar-refractivity contribution in [3.8, 4) is 0 Å². The summed E-state index contributed by atoms with van der Waals surface area (Å²) in [4.78, 5) is 9.59. The average Bonchev–Trinajstić information content (AvgIpc) is 3.47. The molecule has 2 N–H and O–H groups in total. The van der Waals surface area contributed by atoms with E-state index in [0.29, 0.717) is 12.0 Å². The van der Waals surface area contributed by atoms with Crippen LogP contribution < -0.4 is 10.6 Å². The smallest absolute Gasteiger partial charge is 0.225 e. The Morgan fingerprint density at radius 2 is 1.59 bits per heavy atom. The highest BCUT2D eigenvalue weighted by molar-refractivity contribution is 5.58. The molecule has 1 heterocycles. The van der Waals surface area contributed by atoms with Crippen molar-refractivity contribution in [2.24, 2.45) is 0 Å². The van der Waals surface area contributed by atoms with Crippen LogP contribution in [0.15, 0.2) is 30.3 Å². The van der Waals surface area contributed by atoms with Crippen molar-refractivity contribution in [3.05, 3.63) is 41.6 Å². The zero-order chi connectivity index (χ0) is 18.9. The van der Waals surface area contributed by atoms with Crippen LogP contribution in [0.5, 0.6) is 0 Å². The molecule has 0 unspecified atom stereocenters. The number of anilines is 3. The normalized spacial score (nSPS) is 18.3. The molecule has 0 saturated heterocycles. The highest BCUT2D eigenvalue weighted by Crippen LogP contribution is 2.40. The molecule has 2 aliphatic carbocycles. The van der Waals surface area contributed by atoms with E-state index in [-0.39, 0.29) is 5.41 Å². The van der Waals surface area contributed by atoms with Gasteiger partial charge in [-0.3, -0.25) is 0 Å². The van der Waals surface area contributed by atoms with Gasteiger partial charge in [-0.05, 0) is 48.8 Å². The third-order valence-electron chi connectivity index (χ3n) is 5.70. The van der Waals surface area contributed by atoms with Crippen LogP contribution in [0.2, 0.25) is 0 Å². The van der Waals surface area contributed by atoms with Gasteiger partial charge in [0.15, 0.2) is 0 Å². The molecule has 2 aromatic rings. The summed E-state index contributed by atoms with van der Waals surface area (Å²) in [6, 6.07) is 11.3. The standard InChI is InChI=1S/C23H32N4/c1-23(2,3)17-11-13-19(14-12-17)24-21-15-20(16-9-10-16)26-22(27-21)25-18-7-5-4-6-8-18/h11-16,18H,4-10H2,1-3H3,(H2,24,25,26,27). The number of nitrogens with one attached hydrogen (secondary N) is 2. The lowest BCUT2D eigenvalue weighted by atomic mass is 9.87. The molecule has 0 spiro atoms. The molecular weight excluding hydrogens is 332 g/mol. The van der Waals surface area contributed by atoms with Crippen LogP contribution in [0.3, 0.4) is 0 Å². The molecule has 27 heavy (non-hydrogen) atoms. The maximum Gasteiger partial charge on any atom is 0.225 e. The van der Waals surface area contributed by atoms with Crippen LogP contribution in [0, 0.1) is 0 Å². The fourth-order valence-electron chi connectivity index (χ4n) is 3.81. The zero-order valence-corrected chi connectivity index (χ0v) is 16.9. The van der Waals surface area contributed by atoms with Gasteiger partial charge in [-0.2, -0.15) is 4.98 Å². The lowest BCUT2D eigenvalue weighted by molar-refractivity contribution is 0.460. The van der Waals surface area contributed by atoms with E-state index in [9.17, 15) is 0 Å². The van der Waals surface area contributed by atoms with Gasteiger partial charge in [0.1, 0.15) is 5.82 Å². The number of hydrogen-bond donors (Lipinski definition) is 2. The Kier molecular flexibility index (Phi) is 5.07. The highest BCUT2D eigenvalue weighted by atomic mass is 15.2. The monoisotopic (exact) mass is 364 g/mol. The number of hydrogen-bond acceptors (Lipinski definition) is 4. The molecule has 4 nitrogen and oxygen atoms in total. The van der Waals surface area contributed by atoms with E-state index in [2.05, 4.69) is 61.7 Å². The van der Waals surface area contributed by atoms with Gasteiger partial charge in [0.25, 0.3) is 0 Å². The number of rotatable bonds is 5. The van der Waals surface area contributed by atoms with Gasteiger partial charge in [-0.15, -0.1) is 0 Å². The first kappa shape index (κ1) is 18.3. The lowest BCUT2D eigenvalue weighted by Gasteiger charge is -2.23.